The summed E-state index contributed by atoms with van der Waals surface area (Å²) in [5, 5.41) is 20.7. The molecule has 0 radical (unpaired) electrons. The normalized spacial score (nSPS) is 11.9. The van der Waals surface area contributed by atoms with E-state index in [9.17, 15) is 0 Å². The Morgan fingerprint density at radius 2 is 0.902 bits per heavy atom. The Hall–Kier alpha value is -7.40. The molecule has 11 nitrogen and oxygen atoms in total. The number of benzene rings is 4. The molecule has 0 aliphatic rings. The van der Waals surface area contributed by atoms with Gasteiger partial charge in [0, 0.05) is 45.7 Å². The van der Waals surface area contributed by atoms with Crippen LogP contribution in [-0.4, -0.2) is 49.5 Å². The molecule has 0 atom stereocenters. The molecule has 0 aliphatic heterocycles. The topological polar surface area (TPSA) is 126 Å². The number of hydrogen-bond donors (Lipinski definition) is 0. The molecule has 4 aromatic carbocycles. The second kappa shape index (κ2) is 10.5. The highest BCUT2D eigenvalue weighted by molar-refractivity contribution is 6.09. The summed E-state index contributed by atoms with van der Waals surface area (Å²) in [7, 11) is 0. The lowest BCUT2D eigenvalue weighted by Crippen LogP contribution is -1.96. The molecule has 11 rings (SSSR count). The zero-order chi connectivity index (χ0) is 33.5. The summed E-state index contributed by atoms with van der Waals surface area (Å²) >= 11 is 0. The Labute approximate surface area is 287 Å². The lowest BCUT2D eigenvalue weighted by molar-refractivity contribution is 0.640. The lowest BCUT2D eigenvalue weighted by Gasteiger charge is -2.08. The van der Waals surface area contributed by atoms with Crippen LogP contribution in [0.25, 0.3) is 100.0 Å². The fraction of sp³-hybridized carbons (Fsp3) is 0. The maximum atomic E-state index is 6.13. The molecule has 0 saturated heterocycles. The van der Waals surface area contributed by atoms with E-state index in [1.807, 2.05) is 48.8 Å². The van der Waals surface area contributed by atoms with Crippen molar-refractivity contribution in [1.82, 2.24) is 49.5 Å². The summed E-state index contributed by atoms with van der Waals surface area (Å²) in [6, 6.07) is 37.2. The molecule has 51 heavy (non-hydrogen) atoms. The summed E-state index contributed by atoms with van der Waals surface area (Å²) in [5.41, 5.74) is 11.9. The zero-order valence-corrected chi connectivity index (χ0v) is 26.6. The van der Waals surface area contributed by atoms with Crippen LogP contribution in [0.4, 0.5) is 0 Å². The fourth-order valence-corrected chi connectivity index (χ4v) is 7.17. The summed E-state index contributed by atoms with van der Waals surface area (Å²) in [4.78, 5) is 18.7. The third-order valence-electron chi connectivity index (χ3n) is 9.49. The van der Waals surface area contributed by atoms with Gasteiger partial charge in [-0.2, -0.15) is 0 Å². The van der Waals surface area contributed by atoms with E-state index < -0.39 is 0 Å². The van der Waals surface area contributed by atoms with E-state index in [1.54, 1.807) is 0 Å². The van der Waals surface area contributed by atoms with Gasteiger partial charge in [0.05, 0.1) is 21.8 Å². The van der Waals surface area contributed by atoms with Gasteiger partial charge >= 0.3 is 0 Å². The first-order chi connectivity index (χ1) is 25.3. The number of aromatic nitrogens is 10. The predicted molar refractivity (Wildman–Crippen MR) is 196 cm³/mol. The second-order valence-corrected chi connectivity index (χ2v) is 12.3. The summed E-state index contributed by atoms with van der Waals surface area (Å²) in [6.45, 7) is 0. The highest BCUT2D eigenvalue weighted by Crippen LogP contribution is 2.37. The molecule has 7 heterocycles. The van der Waals surface area contributed by atoms with E-state index in [0.717, 1.165) is 88.5 Å². The number of hydrogen-bond acceptors (Lipinski definition) is 9. The van der Waals surface area contributed by atoms with E-state index in [4.69, 9.17) is 14.4 Å². The van der Waals surface area contributed by atoms with Gasteiger partial charge in [-0.25, -0.2) is 19.9 Å². The Morgan fingerprint density at radius 1 is 0.431 bits per heavy atom. The molecular weight excluding hydrogens is 637 g/mol. The number of nitrogens with zero attached hydrogens (tertiary/aromatic N) is 10. The smallest absolute Gasteiger partial charge is 0.229 e. The summed E-state index contributed by atoms with van der Waals surface area (Å²) in [6.07, 6.45) is 6.65. The van der Waals surface area contributed by atoms with E-state index in [2.05, 4.69) is 112 Å². The van der Waals surface area contributed by atoms with Gasteiger partial charge in [-0.15, -0.1) is 20.4 Å². The van der Waals surface area contributed by atoms with Gasteiger partial charge in [0.25, 0.3) is 0 Å². The third-order valence-corrected chi connectivity index (χ3v) is 9.49. The van der Waals surface area contributed by atoms with Gasteiger partial charge in [0.15, 0.2) is 11.3 Å². The average Bonchev–Trinajstić information content (AvgIpc) is 3.85. The monoisotopic (exact) mass is 658 g/mol. The van der Waals surface area contributed by atoms with Gasteiger partial charge < -0.3 is 4.42 Å². The third kappa shape index (κ3) is 4.12. The van der Waals surface area contributed by atoms with Crippen molar-refractivity contribution in [3.8, 4) is 33.6 Å². The van der Waals surface area contributed by atoms with Crippen LogP contribution in [0.2, 0.25) is 0 Å². The first kappa shape index (κ1) is 27.5. The molecule has 11 heteroatoms. The van der Waals surface area contributed by atoms with Crippen molar-refractivity contribution in [1.29, 1.82) is 0 Å². The Morgan fingerprint density at radius 3 is 1.37 bits per heavy atom. The Bertz CT molecular complexity index is 2940. The highest BCUT2D eigenvalue weighted by atomic mass is 16.3. The minimum Gasteiger partial charge on any atom is -0.419 e. The minimum absolute atomic E-state index is 0.529. The van der Waals surface area contributed by atoms with Gasteiger partial charge in [0.2, 0.25) is 11.4 Å². The molecule has 0 spiro atoms. The van der Waals surface area contributed by atoms with Crippen LogP contribution < -0.4 is 0 Å². The Balaban J connectivity index is 1.07. The van der Waals surface area contributed by atoms with Crippen LogP contribution in [0.1, 0.15) is 0 Å². The first-order valence-corrected chi connectivity index (χ1v) is 16.3. The quantitative estimate of drug-likeness (QED) is 0.184. The Kier molecular flexibility index (Phi) is 5.70. The predicted octanol–water partition coefficient (Wildman–Crippen LogP) is 8.27. The lowest BCUT2D eigenvalue weighted by atomic mass is 10.0. The van der Waals surface area contributed by atoms with Gasteiger partial charge in [0.1, 0.15) is 23.7 Å². The van der Waals surface area contributed by atoms with Crippen molar-refractivity contribution >= 4 is 66.3 Å². The van der Waals surface area contributed by atoms with Crippen molar-refractivity contribution in [3.05, 3.63) is 134 Å². The minimum atomic E-state index is 0.529. The number of furan rings is 1. The summed E-state index contributed by atoms with van der Waals surface area (Å²) < 4.78 is 10.4. The van der Waals surface area contributed by atoms with Crippen molar-refractivity contribution in [2.24, 2.45) is 0 Å². The molecule has 0 N–H and O–H groups in total. The van der Waals surface area contributed by atoms with Crippen molar-refractivity contribution in [3.63, 3.8) is 0 Å². The second-order valence-electron chi connectivity index (χ2n) is 12.3. The number of pyridine rings is 2. The average molecular weight is 659 g/mol. The maximum Gasteiger partial charge on any atom is 0.229 e. The molecule has 238 valence electrons. The highest BCUT2D eigenvalue weighted by Gasteiger charge is 2.19. The SMILES string of the molecule is c1ccc(-n2c3cc(-c4cnc5oc6ncc(-c7ccc8c9nncnc9n(-c9ccccc9)c8c7)cc6c5c4)ccc3c3nncnc32)cc1. The molecule has 0 fully saturated rings. The zero-order valence-electron chi connectivity index (χ0n) is 26.6. The first-order valence-electron chi connectivity index (χ1n) is 16.3. The number of rotatable bonds is 4. The molecule has 0 unspecified atom stereocenters. The van der Waals surface area contributed by atoms with Crippen LogP contribution in [0.15, 0.2) is 139 Å². The molecule has 7 aromatic heterocycles. The molecule has 0 bridgehead atoms. The van der Waals surface area contributed by atoms with E-state index in [0.29, 0.717) is 11.4 Å². The van der Waals surface area contributed by atoms with E-state index in [-0.39, 0.29) is 0 Å². The van der Waals surface area contributed by atoms with Crippen LogP contribution in [0, 0.1) is 0 Å². The van der Waals surface area contributed by atoms with Crippen LogP contribution >= 0.6 is 0 Å². The molecular formula is C40H22N10O. The van der Waals surface area contributed by atoms with Crippen molar-refractivity contribution in [2.75, 3.05) is 0 Å². The van der Waals surface area contributed by atoms with Crippen molar-refractivity contribution in [2.45, 2.75) is 0 Å². The number of fused-ring (bicyclic) bond motifs is 9. The summed E-state index contributed by atoms with van der Waals surface area (Å²) in [5.74, 6) is 0. The standard InChI is InChI=1S/C40H22N10O/c1-3-7-27(8-4-1)49-33-17-23(11-13-29(33)35-37(49)43-21-45-47-35)25-15-31-32-16-26(20-42-40(32)51-39(31)41-19-25)24-12-14-30-34(18-24)50(28-9-5-2-6-10-28)38-36(30)48-46-22-44-38/h1-22H. The van der Waals surface area contributed by atoms with E-state index in [1.165, 1.54) is 12.7 Å². The molecule has 0 aliphatic carbocycles. The van der Waals surface area contributed by atoms with Crippen LogP contribution in [0.3, 0.4) is 0 Å². The fourth-order valence-electron chi connectivity index (χ4n) is 7.17. The van der Waals surface area contributed by atoms with Crippen molar-refractivity contribution < 1.29 is 4.42 Å². The van der Waals surface area contributed by atoms with Gasteiger partial charge in [-0.3, -0.25) is 9.13 Å². The van der Waals surface area contributed by atoms with Crippen LogP contribution in [0.5, 0.6) is 0 Å². The van der Waals surface area contributed by atoms with Gasteiger partial charge in [-0.05, 0) is 71.8 Å². The maximum absolute atomic E-state index is 6.13. The largest absolute Gasteiger partial charge is 0.419 e. The molecule has 0 saturated carbocycles. The van der Waals surface area contributed by atoms with Gasteiger partial charge in [-0.1, -0.05) is 48.5 Å². The number of para-hydroxylation sites is 2. The van der Waals surface area contributed by atoms with E-state index >= 15 is 0 Å². The van der Waals surface area contributed by atoms with Crippen LogP contribution in [-0.2, 0) is 0 Å². The molecule has 11 aromatic rings. The molecule has 0 amide bonds.